The summed E-state index contributed by atoms with van der Waals surface area (Å²) in [6, 6.07) is 9.58. The summed E-state index contributed by atoms with van der Waals surface area (Å²) < 4.78 is 29.5. The van der Waals surface area contributed by atoms with E-state index in [4.69, 9.17) is 4.74 Å². The summed E-state index contributed by atoms with van der Waals surface area (Å²) in [6.07, 6.45) is 1.59. The van der Waals surface area contributed by atoms with Gasteiger partial charge in [0.05, 0.1) is 6.61 Å². The highest BCUT2D eigenvalue weighted by molar-refractivity contribution is 7.90. The van der Waals surface area contributed by atoms with Crippen molar-refractivity contribution in [1.29, 1.82) is 0 Å². The van der Waals surface area contributed by atoms with Gasteiger partial charge in [0.1, 0.15) is 18.0 Å². The molecule has 2 aromatic rings. The zero-order valence-corrected chi connectivity index (χ0v) is 14.9. The maximum atomic E-state index is 11.9. The maximum absolute atomic E-state index is 11.9. The summed E-state index contributed by atoms with van der Waals surface area (Å²) in [4.78, 5) is 8.44. The third-order valence-corrected chi connectivity index (χ3v) is 4.32. The van der Waals surface area contributed by atoms with Gasteiger partial charge in [-0.1, -0.05) is 44.2 Å². The third kappa shape index (κ3) is 4.75. The Morgan fingerprint density at radius 1 is 1.12 bits per heavy atom. The summed E-state index contributed by atoms with van der Waals surface area (Å²) in [5.74, 6) is 0.523. The monoisotopic (exact) mass is 350 g/mol. The van der Waals surface area contributed by atoms with Crippen molar-refractivity contribution in [3.8, 4) is 5.88 Å². The van der Waals surface area contributed by atoms with E-state index in [2.05, 4.69) is 9.97 Å². The summed E-state index contributed by atoms with van der Waals surface area (Å²) in [6.45, 7) is 3.79. The normalized spacial score (nSPS) is 11.7. The molecule has 0 aliphatic rings. The average molecular weight is 350 g/mol. The Morgan fingerprint density at radius 3 is 2.33 bits per heavy atom. The van der Waals surface area contributed by atoms with Crippen LogP contribution in [0.3, 0.4) is 0 Å². The topological polar surface area (TPSA) is 89.4 Å². The van der Waals surface area contributed by atoms with Crippen LogP contribution in [0, 0.1) is 5.92 Å². The maximum Gasteiger partial charge on any atom is 0.236 e. The quantitative estimate of drug-likeness (QED) is 0.823. The molecule has 0 saturated carbocycles. The molecular formula is C17H22N2O4S. The molecule has 2 rings (SSSR count). The second kappa shape index (κ2) is 7.72. The molecule has 1 N–H and O–H groups in total. The van der Waals surface area contributed by atoms with E-state index in [1.54, 1.807) is 0 Å². The van der Waals surface area contributed by atoms with Crippen LogP contribution in [-0.4, -0.2) is 29.7 Å². The number of nitrogens with zero attached hydrogens (tertiary/aromatic N) is 2. The second-order valence-electron chi connectivity index (χ2n) is 6.03. The van der Waals surface area contributed by atoms with Gasteiger partial charge in [-0.2, -0.15) is 0 Å². The van der Waals surface area contributed by atoms with Crippen LogP contribution in [0.5, 0.6) is 5.88 Å². The van der Waals surface area contributed by atoms with Crippen LogP contribution in [0.2, 0.25) is 0 Å². The van der Waals surface area contributed by atoms with Gasteiger partial charge in [0.25, 0.3) is 0 Å². The first-order valence-electron chi connectivity index (χ1n) is 7.68. The number of sulfone groups is 1. The lowest BCUT2D eigenvalue weighted by Crippen LogP contribution is -2.14. The van der Waals surface area contributed by atoms with Crippen molar-refractivity contribution in [1.82, 2.24) is 9.97 Å². The van der Waals surface area contributed by atoms with E-state index in [1.165, 1.54) is 0 Å². The predicted octanol–water partition coefficient (Wildman–Crippen LogP) is 2.15. The van der Waals surface area contributed by atoms with Crippen molar-refractivity contribution < 1.29 is 18.3 Å². The summed E-state index contributed by atoms with van der Waals surface area (Å²) in [7, 11) is -3.58. The molecule has 130 valence electrons. The van der Waals surface area contributed by atoms with Crippen LogP contribution < -0.4 is 4.74 Å². The zero-order valence-electron chi connectivity index (χ0n) is 14.1. The van der Waals surface area contributed by atoms with Crippen molar-refractivity contribution in [3.63, 3.8) is 0 Å². The minimum atomic E-state index is -3.58. The Kier molecular flexibility index (Phi) is 5.90. The lowest BCUT2D eigenvalue weighted by atomic mass is 10.1. The smallest absolute Gasteiger partial charge is 0.236 e. The van der Waals surface area contributed by atoms with E-state index in [0.717, 1.165) is 11.8 Å². The SMILES string of the molecule is CC(C)Cc1nc(S(C)(=O)=O)c(CO)nc1OCc1ccccc1. The molecule has 0 spiro atoms. The molecule has 0 atom stereocenters. The number of ether oxygens (including phenoxy) is 1. The Labute approximate surface area is 142 Å². The highest BCUT2D eigenvalue weighted by Gasteiger charge is 2.21. The first kappa shape index (κ1) is 18.4. The van der Waals surface area contributed by atoms with E-state index < -0.39 is 16.4 Å². The van der Waals surface area contributed by atoms with Crippen LogP contribution >= 0.6 is 0 Å². The van der Waals surface area contributed by atoms with E-state index >= 15 is 0 Å². The lowest BCUT2D eigenvalue weighted by Gasteiger charge is -2.14. The second-order valence-corrected chi connectivity index (χ2v) is 7.96. The van der Waals surface area contributed by atoms with Gasteiger partial charge in [-0.05, 0) is 17.9 Å². The van der Waals surface area contributed by atoms with Gasteiger partial charge in [0.15, 0.2) is 14.9 Å². The number of aliphatic hydroxyl groups excluding tert-OH is 1. The van der Waals surface area contributed by atoms with Crippen LogP contribution in [-0.2, 0) is 29.5 Å². The molecule has 0 amide bonds. The predicted molar refractivity (Wildman–Crippen MR) is 90.4 cm³/mol. The fraction of sp³-hybridized carbons (Fsp3) is 0.412. The molecule has 0 unspecified atom stereocenters. The van der Waals surface area contributed by atoms with E-state index in [0.29, 0.717) is 18.7 Å². The minimum Gasteiger partial charge on any atom is -0.471 e. The van der Waals surface area contributed by atoms with Crippen LogP contribution in [0.25, 0.3) is 0 Å². The molecule has 0 radical (unpaired) electrons. The highest BCUT2D eigenvalue weighted by atomic mass is 32.2. The Morgan fingerprint density at radius 2 is 1.79 bits per heavy atom. The van der Waals surface area contributed by atoms with Gasteiger partial charge in [-0.25, -0.2) is 18.4 Å². The zero-order chi connectivity index (χ0) is 17.7. The molecular weight excluding hydrogens is 328 g/mol. The molecule has 24 heavy (non-hydrogen) atoms. The minimum absolute atomic E-state index is 0.00747. The number of hydrogen-bond donors (Lipinski definition) is 1. The van der Waals surface area contributed by atoms with Crippen LogP contribution in [0.4, 0.5) is 0 Å². The van der Waals surface area contributed by atoms with E-state index in [9.17, 15) is 13.5 Å². The number of aromatic nitrogens is 2. The molecule has 0 saturated heterocycles. The number of rotatable bonds is 7. The van der Waals surface area contributed by atoms with Crippen molar-refractivity contribution >= 4 is 9.84 Å². The number of aliphatic hydroxyl groups is 1. The molecule has 1 aromatic heterocycles. The molecule has 1 heterocycles. The average Bonchev–Trinajstić information content (AvgIpc) is 2.52. The van der Waals surface area contributed by atoms with Gasteiger partial charge in [-0.15, -0.1) is 0 Å². The van der Waals surface area contributed by atoms with E-state index in [-0.39, 0.29) is 22.5 Å². The van der Waals surface area contributed by atoms with Crippen LogP contribution in [0.1, 0.15) is 30.8 Å². The summed E-state index contributed by atoms with van der Waals surface area (Å²) in [5, 5.41) is 9.25. The van der Waals surface area contributed by atoms with E-state index in [1.807, 2.05) is 44.2 Å². The number of benzene rings is 1. The van der Waals surface area contributed by atoms with Crippen molar-refractivity contribution in [2.45, 2.75) is 38.5 Å². The van der Waals surface area contributed by atoms with Gasteiger partial charge in [0.2, 0.25) is 5.88 Å². The Hall–Kier alpha value is -1.99. The molecule has 0 bridgehead atoms. The molecule has 1 aromatic carbocycles. The van der Waals surface area contributed by atoms with Gasteiger partial charge >= 0.3 is 0 Å². The molecule has 0 fully saturated rings. The van der Waals surface area contributed by atoms with Crippen LogP contribution in [0.15, 0.2) is 35.4 Å². The Balaban J connectivity index is 2.40. The third-order valence-electron chi connectivity index (χ3n) is 3.29. The molecule has 0 aliphatic heterocycles. The number of hydrogen-bond acceptors (Lipinski definition) is 6. The summed E-state index contributed by atoms with van der Waals surface area (Å²) in [5.41, 5.74) is 1.46. The Bertz CT molecular complexity index is 790. The molecule has 6 nitrogen and oxygen atoms in total. The highest BCUT2D eigenvalue weighted by Crippen LogP contribution is 2.23. The van der Waals surface area contributed by atoms with Crippen molar-refractivity contribution in [3.05, 3.63) is 47.3 Å². The largest absolute Gasteiger partial charge is 0.471 e. The molecule has 7 heteroatoms. The van der Waals surface area contributed by atoms with Gasteiger partial charge in [0, 0.05) is 6.26 Å². The standard InChI is InChI=1S/C17H22N2O4S/c1-12(2)9-14-16(23-11-13-7-5-4-6-8-13)18-15(10-20)17(19-14)24(3,21)22/h4-8,12,20H,9-11H2,1-3H3. The fourth-order valence-electron chi connectivity index (χ4n) is 2.23. The first-order chi connectivity index (χ1) is 11.3. The molecule has 0 aliphatic carbocycles. The van der Waals surface area contributed by atoms with Gasteiger partial charge in [-0.3, -0.25) is 0 Å². The lowest BCUT2D eigenvalue weighted by molar-refractivity contribution is 0.257. The van der Waals surface area contributed by atoms with Crippen molar-refractivity contribution in [2.24, 2.45) is 5.92 Å². The van der Waals surface area contributed by atoms with Gasteiger partial charge < -0.3 is 9.84 Å². The fourth-order valence-corrected chi connectivity index (χ4v) is 3.05. The summed E-state index contributed by atoms with van der Waals surface area (Å²) >= 11 is 0. The van der Waals surface area contributed by atoms with Crippen molar-refractivity contribution in [2.75, 3.05) is 6.26 Å². The first-order valence-corrected chi connectivity index (χ1v) is 9.57.